The first-order valence-corrected chi connectivity index (χ1v) is 6.18. The molecule has 1 aromatic rings. The van der Waals surface area contributed by atoms with Gasteiger partial charge in [-0.15, -0.1) is 0 Å². The summed E-state index contributed by atoms with van der Waals surface area (Å²) in [5.41, 5.74) is 7.10. The summed E-state index contributed by atoms with van der Waals surface area (Å²) in [7, 11) is 0. The van der Waals surface area contributed by atoms with Crippen LogP contribution in [-0.4, -0.2) is 12.5 Å². The summed E-state index contributed by atoms with van der Waals surface area (Å²) < 4.78 is 0. The second-order valence-corrected chi connectivity index (χ2v) is 4.25. The lowest BCUT2D eigenvalue weighted by molar-refractivity contribution is -0.125. The maximum absolute atomic E-state index is 11.8. The summed E-state index contributed by atoms with van der Waals surface area (Å²) >= 11 is 0. The summed E-state index contributed by atoms with van der Waals surface area (Å²) in [4.78, 5) is 11.8. The van der Waals surface area contributed by atoms with Crippen molar-refractivity contribution in [2.24, 2.45) is 11.7 Å². The second kappa shape index (κ2) is 7.46. The van der Waals surface area contributed by atoms with Crippen LogP contribution in [-0.2, 0) is 11.3 Å². The quantitative estimate of drug-likeness (QED) is 0.798. The molecule has 1 aromatic carbocycles. The maximum Gasteiger partial charge on any atom is 0.224 e. The Kier molecular flexibility index (Phi) is 5.89. The number of benzene rings is 1. The van der Waals surface area contributed by atoms with Gasteiger partial charge in [0.1, 0.15) is 0 Å². The van der Waals surface area contributed by atoms with Crippen LogP contribution in [0.5, 0.6) is 0 Å². The Morgan fingerprint density at radius 3 is 2.94 bits per heavy atom. The maximum atomic E-state index is 11.8. The molecule has 4 nitrogen and oxygen atoms in total. The van der Waals surface area contributed by atoms with Crippen molar-refractivity contribution in [1.29, 1.82) is 5.26 Å². The minimum Gasteiger partial charge on any atom is -0.352 e. The van der Waals surface area contributed by atoms with Gasteiger partial charge >= 0.3 is 0 Å². The summed E-state index contributed by atoms with van der Waals surface area (Å²) in [6, 6.07) is 9.29. The highest BCUT2D eigenvalue weighted by Crippen LogP contribution is 2.07. The predicted molar refractivity (Wildman–Crippen MR) is 70.5 cm³/mol. The summed E-state index contributed by atoms with van der Waals surface area (Å²) in [6.45, 7) is 2.85. The number of carbonyl (C=O) groups excluding carboxylic acids is 1. The number of rotatable bonds is 6. The first-order valence-electron chi connectivity index (χ1n) is 6.18. The number of nitrogens with zero attached hydrogens (tertiary/aromatic N) is 1. The van der Waals surface area contributed by atoms with Crippen molar-refractivity contribution in [3.63, 3.8) is 0 Å². The minimum absolute atomic E-state index is 0.0123. The first kappa shape index (κ1) is 14.2. The monoisotopic (exact) mass is 245 g/mol. The van der Waals surface area contributed by atoms with Crippen molar-refractivity contribution >= 4 is 5.91 Å². The topological polar surface area (TPSA) is 78.9 Å². The number of carbonyl (C=O) groups is 1. The Hall–Kier alpha value is -1.86. The third-order valence-corrected chi connectivity index (χ3v) is 2.82. The summed E-state index contributed by atoms with van der Waals surface area (Å²) in [5.74, 6) is -0.129. The Labute approximate surface area is 108 Å². The van der Waals surface area contributed by atoms with Gasteiger partial charge < -0.3 is 11.1 Å². The molecule has 0 aliphatic heterocycles. The number of nitrogens with two attached hydrogens (primary N) is 1. The predicted octanol–water partition coefficient (Wildman–Crippen LogP) is 1.55. The third kappa shape index (κ3) is 4.19. The number of hydrogen-bond donors (Lipinski definition) is 2. The molecule has 1 atom stereocenters. The largest absolute Gasteiger partial charge is 0.352 e. The Morgan fingerprint density at radius 1 is 1.56 bits per heavy atom. The average molecular weight is 245 g/mol. The smallest absolute Gasteiger partial charge is 0.224 e. The number of hydrogen-bond acceptors (Lipinski definition) is 3. The lowest BCUT2D eigenvalue weighted by Crippen LogP contribution is -2.34. The van der Waals surface area contributed by atoms with Gasteiger partial charge in [0, 0.05) is 13.1 Å². The molecule has 96 valence electrons. The van der Waals surface area contributed by atoms with E-state index in [1.807, 2.05) is 19.1 Å². The molecule has 1 rings (SSSR count). The lowest BCUT2D eigenvalue weighted by atomic mass is 10.0. The van der Waals surface area contributed by atoms with E-state index in [9.17, 15) is 4.79 Å². The van der Waals surface area contributed by atoms with E-state index in [4.69, 9.17) is 11.0 Å². The first-order chi connectivity index (χ1) is 8.71. The van der Waals surface area contributed by atoms with Crippen LogP contribution >= 0.6 is 0 Å². The normalized spacial score (nSPS) is 11.6. The standard InChI is InChI=1S/C14H19N3O/c1-2-4-13(9-16)14(18)17-10-12-6-3-5-11(7-12)8-15/h3,5-7,13H,2,4,9-10,16H2,1H3,(H,17,18). The molecule has 4 heteroatoms. The van der Waals surface area contributed by atoms with Crippen LogP contribution in [0.4, 0.5) is 0 Å². The van der Waals surface area contributed by atoms with Crippen LogP contribution in [0.1, 0.15) is 30.9 Å². The van der Waals surface area contributed by atoms with Crippen LogP contribution in [0.2, 0.25) is 0 Å². The van der Waals surface area contributed by atoms with Crippen LogP contribution in [0, 0.1) is 17.2 Å². The van der Waals surface area contributed by atoms with Crippen molar-refractivity contribution in [3.8, 4) is 6.07 Å². The molecular weight excluding hydrogens is 226 g/mol. The van der Waals surface area contributed by atoms with Gasteiger partial charge in [-0.1, -0.05) is 25.5 Å². The molecule has 0 spiro atoms. The van der Waals surface area contributed by atoms with Gasteiger partial charge in [-0.25, -0.2) is 0 Å². The molecular formula is C14H19N3O. The Balaban J connectivity index is 2.54. The molecule has 18 heavy (non-hydrogen) atoms. The molecule has 0 aliphatic rings. The molecule has 0 aliphatic carbocycles. The van der Waals surface area contributed by atoms with Crippen LogP contribution < -0.4 is 11.1 Å². The SMILES string of the molecule is CCCC(CN)C(=O)NCc1cccc(C#N)c1. The van der Waals surface area contributed by atoms with Crippen molar-refractivity contribution in [3.05, 3.63) is 35.4 Å². The van der Waals surface area contributed by atoms with E-state index < -0.39 is 0 Å². The molecule has 0 bridgehead atoms. The van der Waals surface area contributed by atoms with E-state index in [0.29, 0.717) is 18.7 Å². The van der Waals surface area contributed by atoms with Crippen LogP contribution in [0.25, 0.3) is 0 Å². The zero-order valence-corrected chi connectivity index (χ0v) is 10.6. The molecule has 0 radical (unpaired) electrons. The van der Waals surface area contributed by atoms with E-state index in [1.54, 1.807) is 12.1 Å². The number of nitrogens with one attached hydrogen (secondary N) is 1. The molecule has 0 saturated carbocycles. The van der Waals surface area contributed by atoms with Gasteiger partial charge in [0.25, 0.3) is 0 Å². The fourth-order valence-corrected chi connectivity index (χ4v) is 1.79. The zero-order valence-electron chi connectivity index (χ0n) is 10.6. The van der Waals surface area contributed by atoms with Gasteiger partial charge in [0.15, 0.2) is 0 Å². The van der Waals surface area contributed by atoms with E-state index in [2.05, 4.69) is 11.4 Å². The van der Waals surface area contributed by atoms with Crippen LogP contribution in [0.3, 0.4) is 0 Å². The molecule has 0 fully saturated rings. The van der Waals surface area contributed by atoms with Crippen molar-refractivity contribution in [2.45, 2.75) is 26.3 Å². The average Bonchev–Trinajstić information content (AvgIpc) is 2.42. The van der Waals surface area contributed by atoms with E-state index in [0.717, 1.165) is 18.4 Å². The Morgan fingerprint density at radius 2 is 2.33 bits per heavy atom. The van der Waals surface area contributed by atoms with Gasteiger partial charge in [-0.2, -0.15) is 5.26 Å². The van der Waals surface area contributed by atoms with E-state index in [1.165, 1.54) is 0 Å². The molecule has 0 saturated heterocycles. The summed E-state index contributed by atoms with van der Waals surface area (Å²) in [5, 5.41) is 11.6. The Bertz CT molecular complexity index is 437. The van der Waals surface area contributed by atoms with Gasteiger partial charge in [0.05, 0.1) is 17.6 Å². The van der Waals surface area contributed by atoms with E-state index in [-0.39, 0.29) is 11.8 Å². The lowest BCUT2D eigenvalue weighted by Gasteiger charge is -2.13. The highest BCUT2D eigenvalue weighted by atomic mass is 16.1. The highest BCUT2D eigenvalue weighted by Gasteiger charge is 2.14. The minimum atomic E-state index is -0.117. The highest BCUT2D eigenvalue weighted by molar-refractivity contribution is 5.78. The van der Waals surface area contributed by atoms with Crippen molar-refractivity contribution < 1.29 is 4.79 Å². The van der Waals surface area contributed by atoms with Gasteiger partial charge in [0.2, 0.25) is 5.91 Å². The fourth-order valence-electron chi connectivity index (χ4n) is 1.79. The van der Waals surface area contributed by atoms with Gasteiger partial charge in [-0.3, -0.25) is 4.79 Å². The number of amides is 1. The second-order valence-electron chi connectivity index (χ2n) is 4.25. The fraction of sp³-hybridized carbons (Fsp3) is 0.429. The van der Waals surface area contributed by atoms with Crippen molar-refractivity contribution in [2.75, 3.05) is 6.54 Å². The van der Waals surface area contributed by atoms with Crippen molar-refractivity contribution in [1.82, 2.24) is 5.32 Å². The zero-order chi connectivity index (χ0) is 13.4. The third-order valence-electron chi connectivity index (χ3n) is 2.82. The molecule has 1 amide bonds. The van der Waals surface area contributed by atoms with E-state index >= 15 is 0 Å². The molecule has 1 unspecified atom stereocenters. The van der Waals surface area contributed by atoms with Gasteiger partial charge in [-0.05, 0) is 24.1 Å². The van der Waals surface area contributed by atoms with Crippen LogP contribution in [0.15, 0.2) is 24.3 Å². The molecule has 0 aromatic heterocycles. The summed E-state index contributed by atoms with van der Waals surface area (Å²) in [6.07, 6.45) is 1.75. The molecule has 3 N–H and O–H groups in total. The molecule has 0 heterocycles. The number of nitriles is 1.